The average molecular weight is 243 g/mol. The van der Waals surface area contributed by atoms with Crippen molar-refractivity contribution in [3.63, 3.8) is 0 Å². The standard InChI is InChI=1S/C15H21N3/c1-17(2)9-10-18-8-7-15-13(11-18)12-5-3-4-6-14(12)16-15/h3-6,16H,7-11H2,1-2H3. The van der Waals surface area contributed by atoms with Gasteiger partial charge in [-0.05, 0) is 25.7 Å². The molecular weight excluding hydrogens is 222 g/mol. The van der Waals surface area contributed by atoms with Crippen LogP contribution in [0.2, 0.25) is 0 Å². The van der Waals surface area contributed by atoms with E-state index in [-0.39, 0.29) is 0 Å². The van der Waals surface area contributed by atoms with E-state index in [1.165, 1.54) is 28.7 Å². The topological polar surface area (TPSA) is 22.3 Å². The molecule has 3 rings (SSSR count). The van der Waals surface area contributed by atoms with Crippen LogP contribution in [0.4, 0.5) is 0 Å². The van der Waals surface area contributed by atoms with E-state index in [0.717, 1.165) is 26.1 Å². The van der Waals surface area contributed by atoms with Gasteiger partial charge in [0, 0.05) is 49.2 Å². The zero-order chi connectivity index (χ0) is 12.5. The zero-order valence-corrected chi connectivity index (χ0v) is 11.2. The largest absolute Gasteiger partial charge is 0.358 e. The van der Waals surface area contributed by atoms with Gasteiger partial charge in [-0.2, -0.15) is 0 Å². The van der Waals surface area contributed by atoms with Crippen LogP contribution in [0.1, 0.15) is 11.3 Å². The van der Waals surface area contributed by atoms with E-state index in [4.69, 9.17) is 0 Å². The molecule has 0 atom stereocenters. The lowest BCUT2D eigenvalue weighted by atomic mass is 10.0. The van der Waals surface area contributed by atoms with Crippen LogP contribution >= 0.6 is 0 Å². The minimum atomic E-state index is 1.09. The maximum atomic E-state index is 3.56. The molecule has 1 aromatic carbocycles. The van der Waals surface area contributed by atoms with Crippen molar-refractivity contribution in [2.45, 2.75) is 13.0 Å². The van der Waals surface area contributed by atoms with E-state index in [0.29, 0.717) is 0 Å². The van der Waals surface area contributed by atoms with E-state index < -0.39 is 0 Å². The van der Waals surface area contributed by atoms with Gasteiger partial charge in [0.05, 0.1) is 0 Å². The van der Waals surface area contributed by atoms with Crippen molar-refractivity contribution in [2.75, 3.05) is 33.7 Å². The lowest BCUT2D eigenvalue weighted by Crippen LogP contribution is -2.35. The van der Waals surface area contributed by atoms with Gasteiger partial charge in [0.2, 0.25) is 0 Å². The maximum absolute atomic E-state index is 3.56. The predicted octanol–water partition coefficient (Wildman–Crippen LogP) is 2.09. The monoisotopic (exact) mass is 243 g/mol. The van der Waals surface area contributed by atoms with Crippen LogP contribution < -0.4 is 0 Å². The van der Waals surface area contributed by atoms with E-state index in [1.54, 1.807) is 0 Å². The first kappa shape index (κ1) is 11.8. The Hall–Kier alpha value is -1.32. The van der Waals surface area contributed by atoms with Crippen molar-refractivity contribution in [1.29, 1.82) is 0 Å². The molecule has 1 aliphatic heterocycles. The highest BCUT2D eigenvalue weighted by molar-refractivity contribution is 5.84. The Labute approximate surface area is 108 Å². The van der Waals surface area contributed by atoms with Crippen molar-refractivity contribution in [3.8, 4) is 0 Å². The molecule has 0 aliphatic carbocycles. The smallest absolute Gasteiger partial charge is 0.0459 e. The highest BCUT2D eigenvalue weighted by Gasteiger charge is 2.19. The lowest BCUT2D eigenvalue weighted by Gasteiger charge is -2.28. The number of para-hydroxylation sites is 1. The molecule has 18 heavy (non-hydrogen) atoms. The van der Waals surface area contributed by atoms with Gasteiger partial charge < -0.3 is 9.88 Å². The van der Waals surface area contributed by atoms with E-state index >= 15 is 0 Å². The molecule has 1 N–H and O–H groups in total. The van der Waals surface area contributed by atoms with Gasteiger partial charge in [-0.25, -0.2) is 0 Å². The highest BCUT2D eigenvalue weighted by Crippen LogP contribution is 2.27. The van der Waals surface area contributed by atoms with Crippen molar-refractivity contribution in [1.82, 2.24) is 14.8 Å². The van der Waals surface area contributed by atoms with E-state index in [2.05, 4.69) is 53.1 Å². The van der Waals surface area contributed by atoms with Crippen molar-refractivity contribution in [3.05, 3.63) is 35.5 Å². The Morgan fingerprint density at radius 3 is 2.94 bits per heavy atom. The average Bonchev–Trinajstić information content (AvgIpc) is 2.74. The van der Waals surface area contributed by atoms with Crippen molar-refractivity contribution in [2.24, 2.45) is 0 Å². The number of aromatic amines is 1. The molecule has 0 saturated carbocycles. The number of nitrogens with zero attached hydrogens (tertiary/aromatic N) is 2. The van der Waals surface area contributed by atoms with Crippen molar-refractivity contribution < 1.29 is 0 Å². The van der Waals surface area contributed by atoms with E-state index in [9.17, 15) is 0 Å². The first-order valence-electron chi connectivity index (χ1n) is 6.69. The molecule has 0 fully saturated rings. The highest BCUT2D eigenvalue weighted by atomic mass is 15.2. The summed E-state index contributed by atoms with van der Waals surface area (Å²) in [5.41, 5.74) is 4.24. The predicted molar refractivity (Wildman–Crippen MR) is 75.8 cm³/mol. The van der Waals surface area contributed by atoms with Crippen LogP contribution in [0.25, 0.3) is 10.9 Å². The Balaban J connectivity index is 1.83. The first-order valence-corrected chi connectivity index (χ1v) is 6.69. The van der Waals surface area contributed by atoms with Crippen LogP contribution in [0.5, 0.6) is 0 Å². The molecule has 3 nitrogen and oxygen atoms in total. The quantitative estimate of drug-likeness (QED) is 0.891. The van der Waals surface area contributed by atoms with Crippen LogP contribution in [0.15, 0.2) is 24.3 Å². The van der Waals surface area contributed by atoms with Crippen LogP contribution in [-0.4, -0.2) is 48.5 Å². The van der Waals surface area contributed by atoms with E-state index in [1.807, 2.05) is 0 Å². The maximum Gasteiger partial charge on any atom is 0.0459 e. The van der Waals surface area contributed by atoms with Gasteiger partial charge in [-0.15, -0.1) is 0 Å². The number of hydrogen-bond donors (Lipinski definition) is 1. The molecule has 0 bridgehead atoms. The second kappa shape index (κ2) is 4.75. The second-order valence-corrected chi connectivity index (χ2v) is 5.46. The van der Waals surface area contributed by atoms with Gasteiger partial charge in [-0.3, -0.25) is 4.90 Å². The molecule has 2 aromatic rings. The number of rotatable bonds is 3. The number of H-pyrrole nitrogens is 1. The van der Waals surface area contributed by atoms with Gasteiger partial charge in [-0.1, -0.05) is 18.2 Å². The fourth-order valence-corrected chi connectivity index (χ4v) is 2.75. The number of nitrogens with one attached hydrogen (secondary N) is 1. The molecule has 1 aliphatic rings. The fraction of sp³-hybridized carbons (Fsp3) is 0.467. The summed E-state index contributed by atoms with van der Waals surface area (Å²) in [5, 5.41) is 1.40. The second-order valence-electron chi connectivity index (χ2n) is 5.46. The van der Waals surface area contributed by atoms with Crippen molar-refractivity contribution >= 4 is 10.9 Å². The summed E-state index contributed by atoms with van der Waals surface area (Å²) in [6.07, 6.45) is 1.15. The molecule has 3 heteroatoms. The summed E-state index contributed by atoms with van der Waals surface area (Å²) >= 11 is 0. The molecule has 0 unspecified atom stereocenters. The Kier molecular flexibility index (Phi) is 3.10. The minimum Gasteiger partial charge on any atom is -0.358 e. The third kappa shape index (κ3) is 2.16. The summed E-state index contributed by atoms with van der Waals surface area (Å²) in [5.74, 6) is 0. The molecular formula is C15H21N3. The molecule has 0 amide bonds. The minimum absolute atomic E-state index is 1.09. The molecule has 96 valence electrons. The Morgan fingerprint density at radius 2 is 2.11 bits per heavy atom. The first-order chi connectivity index (χ1) is 8.74. The Morgan fingerprint density at radius 1 is 1.28 bits per heavy atom. The summed E-state index contributed by atoms with van der Waals surface area (Å²) in [7, 11) is 4.28. The summed E-state index contributed by atoms with van der Waals surface area (Å²) in [6.45, 7) is 4.56. The summed E-state index contributed by atoms with van der Waals surface area (Å²) in [4.78, 5) is 8.38. The molecule has 0 spiro atoms. The van der Waals surface area contributed by atoms with Gasteiger partial charge in [0.25, 0.3) is 0 Å². The molecule has 0 radical (unpaired) electrons. The van der Waals surface area contributed by atoms with Crippen LogP contribution in [0.3, 0.4) is 0 Å². The van der Waals surface area contributed by atoms with Crippen LogP contribution in [-0.2, 0) is 13.0 Å². The zero-order valence-electron chi connectivity index (χ0n) is 11.2. The van der Waals surface area contributed by atoms with Gasteiger partial charge in [0.1, 0.15) is 0 Å². The molecule has 0 saturated heterocycles. The third-order valence-corrected chi connectivity index (χ3v) is 3.83. The fourth-order valence-electron chi connectivity index (χ4n) is 2.75. The number of benzene rings is 1. The Bertz CT molecular complexity index is 542. The number of fused-ring (bicyclic) bond motifs is 3. The lowest BCUT2D eigenvalue weighted by molar-refractivity contribution is 0.225. The number of likely N-dealkylation sites (N-methyl/N-ethyl adjacent to an activating group) is 1. The number of aromatic nitrogens is 1. The van der Waals surface area contributed by atoms with Gasteiger partial charge in [0.15, 0.2) is 0 Å². The van der Waals surface area contributed by atoms with Gasteiger partial charge >= 0.3 is 0 Å². The summed E-state index contributed by atoms with van der Waals surface area (Å²) < 4.78 is 0. The summed E-state index contributed by atoms with van der Waals surface area (Å²) in [6, 6.07) is 8.65. The third-order valence-electron chi connectivity index (χ3n) is 3.83. The molecule has 1 aromatic heterocycles. The molecule has 2 heterocycles. The van der Waals surface area contributed by atoms with Crippen LogP contribution in [0, 0.1) is 0 Å². The number of hydrogen-bond acceptors (Lipinski definition) is 2. The normalized spacial score (nSPS) is 16.4. The SMILES string of the molecule is CN(C)CCN1CCc2[nH]c3ccccc3c2C1.